The molecule has 0 spiro atoms. The van der Waals surface area contributed by atoms with Gasteiger partial charge in [0.1, 0.15) is 11.5 Å². The zero-order chi connectivity index (χ0) is 15.1. The van der Waals surface area contributed by atoms with Crippen LogP contribution in [-0.4, -0.2) is 38.2 Å². The first-order valence-corrected chi connectivity index (χ1v) is 8.25. The summed E-state index contributed by atoms with van der Waals surface area (Å²) >= 11 is 2.02. The van der Waals surface area contributed by atoms with Crippen LogP contribution in [0.2, 0.25) is 0 Å². The molecule has 5 nitrogen and oxygen atoms in total. The molecule has 1 aliphatic heterocycles. The number of anilines is 1. The van der Waals surface area contributed by atoms with E-state index in [2.05, 4.69) is 10.3 Å². The minimum Gasteiger partial charge on any atom is -0.497 e. The van der Waals surface area contributed by atoms with E-state index in [9.17, 15) is 0 Å². The molecule has 1 aromatic rings. The van der Waals surface area contributed by atoms with Gasteiger partial charge >= 0.3 is 0 Å². The largest absolute Gasteiger partial charge is 0.497 e. The summed E-state index contributed by atoms with van der Waals surface area (Å²) < 4.78 is 10.5. The van der Waals surface area contributed by atoms with Gasteiger partial charge < -0.3 is 20.5 Å². The third-order valence-corrected chi connectivity index (χ3v) is 4.58. The molecule has 22 heavy (non-hydrogen) atoms. The van der Waals surface area contributed by atoms with Crippen LogP contribution in [0.1, 0.15) is 12.8 Å². The Kier molecular flexibility index (Phi) is 8.77. The number of nitrogens with zero attached hydrogens (tertiary/aromatic N) is 1. The van der Waals surface area contributed by atoms with Crippen LogP contribution in [0.3, 0.4) is 0 Å². The number of nitrogens with one attached hydrogen (secondary N) is 1. The average molecular weight is 437 g/mol. The van der Waals surface area contributed by atoms with Crippen molar-refractivity contribution in [1.29, 1.82) is 0 Å². The van der Waals surface area contributed by atoms with Crippen LogP contribution in [0, 0.1) is 5.92 Å². The van der Waals surface area contributed by atoms with Crippen LogP contribution in [0.15, 0.2) is 23.2 Å². The predicted molar refractivity (Wildman–Crippen MR) is 105 cm³/mol. The van der Waals surface area contributed by atoms with Gasteiger partial charge in [-0.15, -0.1) is 24.0 Å². The lowest BCUT2D eigenvalue weighted by atomic mass is 10.0. The van der Waals surface area contributed by atoms with Gasteiger partial charge in [0, 0.05) is 12.6 Å². The maximum absolute atomic E-state index is 5.98. The molecule has 3 N–H and O–H groups in total. The Labute approximate surface area is 153 Å². The maximum atomic E-state index is 5.98. The van der Waals surface area contributed by atoms with Gasteiger partial charge in [0.2, 0.25) is 0 Å². The molecule has 0 bridgehead atoms. The molecule has 0 unspecified atom stereocenters. The van der Waals surface area contributed by atoms with Crippen molar-refractivity contribution in [1.82, 2.24) is 0 Å². The molecule has 1 aliphatic rings. The molecule has 1 heterocycles. The lowest BCUT2D eigenvalue weighted by molar-refractivity contribution is 0.405. The standard InChI is InChI=1S/C15H23N3O2S.HI/c1-19-12-3-4-14(20-2)13(9-12)18-15(16)17-10-11-5-7-21-8-6-11;/h3-4,9,11H,5-8,10H2,1-2H3,(H3,16,17,18);1H. The summed E-state index contributed by atoms with van der Waals surface area (Å²) in [7, 11) is 3.25. The van der Waals surface area contributed by atoms with Crippen molar-refractivity contribution < 1.29 is 9.47 Å². The highest BCUT2D eigenvalue weighted by Gasteiger charge is 2.13. The van der Waals surface area contributed by atoms with E-state index in [0.717, 1.165) is 18.0 Å². The Balaban J connectivity index is 0.00000242. The Bertz CT molecular complexity index is 494. The van der Waals surface area contributed by atoms with Gasteiger partial charge in [0.25, 0.3) is 0 Å². The minimum atomic E-state index is 0. The second kappa shape index (κ2) is 10.0. The number of rotatable bonds is 5. The number of guanidine groups is 1. The number of hydrogen-bond acceptors (Lipinski definition) is 4. The van der Waals surface area contributed by atoms with Crippen molar-refractivity contribution in [2.24, 2.45) is 16.6 Å². The lowest BCUT2D eigenvalue weighted by Gasteiger charge is -2.19. The number of halogens is 1. The van der Waals surface area contributed by atoms with Gasteiger partial charge in [-0.25, -0.2) is 0 Å². The third kappa shape index (κ3) is 5.75. The van der Waals surface area contributed by atoms with Gasteiger partial charge in [0.15, 0.2) is 5.96 Å². The van der Waals surface area contributed by atoms with Crippen LogP contribution in [0.5, 0.6) is 11.5 Å². The minimum absolute atomic E-state index is 0. The number of aliphatic imine (C=N–C) groups is 1. The molecule has 0 atom stereocenters. The lowest BCUT2D eigenvalue weighted by Crippen LogP contribution is -2.25. The number of nitrogens with two attached hydrogens (primary N) is 1. The summed E-state index contributed by atoms with van der Waals surface area (Å²) in [5.74, 6) is 4.99. The Morgan fingerprint density at radius 2 is 2.05 bits per heavy atom. The van der Waals surface area contributed by atoms with Crippen molar-refractivity contribution in [3.8, 4) is 11.5 Å². The number of ether oxygens (including phenoxy) is 2. The van der Waals surface area contributed by atoms with E-state index in [1.54, 1.807) is 14.2 Å². The zero-order valence-corrected chi connectivity index (χ0v) is 16.1. The van der Waals surface area contributed by atoms with Gasteiger partial charge in [-0.05, 0) is 42.4 Å². The molecule has 1 saturated heterocycles. The molecule has 0 amide bonds. The molecule has 1 aromatic carbocycles. The fraction of sp³-hybridized carbons (Fsp3) is 0.533. The zero-order valence-electron chi connectivity index (χ0n) is 13.0. The summed E-state index contributed by atoms with van der Waals surface area (Å²) in [4.78, 5) is 4.45. The summed E-state index contributed by atoms with van der Waals surface area (Å²) in [6.07, 6.45) is 2.45. The summed E-state index contributed by atoms with van der Waals surface area (Å²) in [6.45, 7) is 0.783. The van der Waals surface area contributed by atoms with Crippen LogP contribution in [0.25, 0.3) is 0 Å². The Morgan fingerprint density at radius 3 is 2.68 bits per heavy atom. The van der Waals surface area contributed by atoms with Crippen LogP contribution < -0.4 is 20.5 Å². The fourth-order valence-electron chi connectivity index (χ4n) is 2.25. The first-order chi connectivity index (χ1) is 10.2. The molecular weight excluding hydrogens is 413 g/mol. The first-order valence-electron chi connectivity index (χ1n) is 7.09. The normalized spacial score (nSPS) is 15.8. The summed E-state index contributed by atoms with van der Waals surface area (Å²) in [5.41, 5.74) is 6.74. The highest BCUT2D eigenvalue weighted by atomic mass is 127. The molecule has 0 aliphatic carbocycles. The van der Waals surface area contributed by atoms with Crippen LogP contribution >= 0.6 is 35.7 Å². The van der Waals surface area contributed by atoms with E-state index in [1.807, 2.05) is 30.0 Å². The van der Waals surface area contributed by atoms with E-state index in [-0.39, 0.29) is 24.0 Å². The molecule has 7 heteroatoms. The van der Waals surface area contributed by atoms with Crippen LogP contribution in [-0.2, 0) is 0 Å². The smallest absolute Gasteiger partial charge is 0.193 e. The second-order valence-electron chi connectivity index (χ2n) is 4.97. The topological polar surface area (TPSA) is 68.9 Å². The van der Waals surface area contributed by atoms with Gasteiger partial charge in [0.05, 0.1) is 19.9 Å². The maximum Gasteiger partial charge on any atom is 0.193 e. The van der Waals surface area contributed by atoms with Crippen molar-refractivity contribution >= 4 is 47.4 Å². The van der Waals surface area contributed by atoms with Crippen molar-refractivity contribution in [2.45, 2.75) is 12.8 Å². The molecule has 1 fully saturated rings. The molecule has 0 radical (unpaired) electrons. The Morgan fingerprint density at radius 1 is 1.32 bits per heavy atom. The van der Waals surface area contributed by atoms with Crippen molar-refractivity contribution in [3.05, 3.63) is 18.2 Å². The number of methoxy groups -OCH3 is 2. The molecule has 2 rings (SSSR count). The van der Waals surface area contributed by atoms with Gasteiger partial charge in [-0.2, -0.15) is 11.8 Å². The van der Waals surface area contributed by atoms with E-state index < -0.39 is 0 Å². The second-order valence-corrected chi connectivity index (χ2v) is 6.20. The van der Waals surface area contributed by atoms with Gasteiger partial charge in [-0.1, -0.05) is 0 Å². The number of thioether (sulfide) groups is 1. The molecule has 0 saturated carbocycles. The van der Waals surface area contributed by atoms with E-state index in [1.165, 1.54) is 24.3 Å². The SMILES string of the molecule is COc1ccc(OC)c(NC(N)=NCC2CCSCC2)c1.I. The van der Waals surface area contributed by atoms with Crippen molar-refractivity contribution in [2.75, 3.05) is 37.6 Å². The number of hydrogen-bond donors (Lipinski definition) is 2. The monoisotopic (exact) mass is 437 g/mol. The van der Waals surface area contributed by atoms with Gasteiger partial charge in [-0.3, -0.25) is 4.99 Å². The van der Waals surface area contributed by atoms with E-state index in [0.29, 0.717) is 17.6 Å². The molecule has 0 aromatic heterocycles. The molecular formula is C15H24IN3O2S. The van der Waals surface area contributed by atoms with E-state index >= 15 is 0 Å². The highest BCUT2D eigenvalue weighted by Crippen LogP contribution is 2.28. The first kappa shape index (κ1) is 19.2. The third-order valence-electron chi connectivity index (χ3n) is 3.53. The Hall–Kier alpha value is -0.830. The molecule has 124 valence electrons. The summed E-state index contributed by atoms with van der Waals surface area (Å²) in [6, 6.07) is 5.53. The quantitative estimate of drug-likeness (QED) is 0.421. The highest BCUT2D eigenvalue weighted by molar-refractivity contribution is 14.0. The summed E-state index contributed by atoms with van der Waals surface area (Å²) in [5, 5.41) is 3.09. The van der Waals surface area contributed by atoms with E-state index in [4.69, 9.17) is 15.2 Å². The number of benzene rings is 1. The average Bonchev–Trinajstić information content (AvgIpc) is 2.54. The van der Waals surface area contributed by atoms with Crippen LogP contribution in [0.4, 0.5) is 5.69 Å². The predicted octanol–water partition coefficient (Wildman–Crippen LogP) is 3.19. The fourth-order valence-corrected chi connectivity index (χ4v) is 3.45. The van der Waals surface area contributed by atoms with Crippen molar-refractivity contribution in [3.63, 3.8) is 0 Å².